The summed E-state index contributed by atoms with van der Waals surface area (Å²) in [5, 5.41) is 3.74. The van der Waals surface area contributed by atoms with Crippen LogP contribution in [0.2, 0.25) is 0 Å². The number of rotatable bonds is 2. The van der Waals surface area contributed by atoms with Crippen LogP contribution in [0, 0.1) is 13.8 Å². The highest BCUT2D eigenvalue weighted by Crippen LogP contribution is 2.24. The molecule has 16 heavy (non-hydrogen) atoms. The quantitative estimate of drug-likeness (QED) is 0.790. The van der Waals surface area contributed by atoms with Crippen molar-refractivity contribution in [1.29, 1.82) is 0 Å². The molecule has 0 aliphatic carbocycles. The molecule has 2 aromatic heterocycles. The van der Waals surface area contributed by atoms with Gasteiger partial charge >= 0.3 is 0 Å². The Morgan fingerprint density at radius 3 is 2.69 bits per heavy atom. The van der Waals surface area contributed by atoms with Crippen LogP contribution < -0.4 is 0 Å². The standard InChI is InChI=1S/C12H10BrNOS/c1-7-3-8(2)11(14-4-7)12(15)9-5-16-6-10(9)13/h3-6H,1-2H3. The molecule has 0 fully saturated rings. The average Bonchev–Trinajstić information content (AvgIpc) is 2.63. The summed E-state index contributed by atoms with van der Waals surface area (Å²) in [4.78, 5) is 16.4. The highest BCUT2D eigenvalue weighted by Gasteiger charge is 2.16. The number of nitrogens with zero attached hydrogens (tertiary/aromatic N) is 1. The van der Waals surface area contributed by atoms with Crippen molar-refractivity contribution in [3.8, 4) is 0 Å². The number of ketones is 1. The third kappa shape index (κ3) is 2.08. The van der Waals surface area contributed by atoms with E-state index in [0.29, 0.717) is 11.3 Å². The molecule has 0 spiro atoms. The maximum atomic E-state index is 12.2. The summed E-state index contributed by atoms with van der Waals surface area (Å²) in [6.45, 7) is 3.88. The molecule has 0 N–H and O–H groups in total. The van der Waals surface area contributed by atoms with E-state index in [2.05, 4.69) is 20.9 Å². The minimum atomic E-state index is -0.0226. The predicted molar refractivity (Wildman–Crippen MR) is 69.2 cm³/mol. The Kier molecular flexibility index (Phi) is 3.21. The molecule has 0 unspecified atom stereocenters. The van der Waals surface area contributed by atoms with Gasteiger partial charge in [0.05, 0.1) is 0 Å². The van der Waals surface area contributed by atoms with Crippen molar-refractivity contribution in [2.24, 2.45) is 0 Å². The lowest BCUT2D eigenvalue weighted by atomic mass is 10.1. The second-order valence-corrected chi connectivity index (χ2v) is 5.24. The highest BCUT2D eigenvalue weighted by atomic mass is 79.9. The third-order valence-corrected chi connectivity index (χ3v) is 3.99. The van der Waals surface area contributed by atoms with E-state index >= 15 is 0 Å². The number of carbonyl (C=O) groups is 1. The molecular weight excluding hydrogens is 286 g/mol. The number of aromatic nitrogens is 1. The fourth-order valence-electron chi connectivity index (χ4n) is 1.52. The van der Waals surface area contributed by atoms with E-state index in [9.17, 15) is 4.79 Å². The van der Waals surface area contributed by atoms with E-state index in [4.69, 9.17) is 0 Å². The summed E-state index contributed by atoms with van der Waals surface area (Å²) in [7, 11) is 0. The summed E-state index contributed by atoms with van der Waals surface area (Å²) in [6.07, 6.45) is 1.72. The van der Waals surface area contributed by atoms with Crippen LogP contribution in [0.1, 0.15) is 27.2 Å². The molecule has 4 heteroatoms. The molecule has 0 aliphatic rings. The molecule has 0 atom stereocenters. The predicted octanol–water partition coefficient (Wildman–Crippen LogP) is 3.75. The van der Waals surface area contributed by atoms with Gasteiger partial charge in [-0.25, -0.2) is 0 Å². The Hall–Kier alpha value is -1.00. The third-order valence-electron chi connectivity index (χ3n) is 2.29. The summed E-state index contributed by atoms with van der Waals surface area (Å²) in [5.41, 5.74) is 3.20. The van der Waals surface area contributed by atoms with Gasteiger partial charge in [-0.05, 0) is 40.9 Å². The van der Waals surface area contributed by atoms with Crippen LogP contribution in [0.15, 0.2) is 27.5 Å². The summed E-state index contributed by atoms with van der Waals surface area (Å²) in [5.74, 6) is -0.0226. The van der Waals surface area contributed by atoms with Gasteiger partial charge in [0.1, 0.15) is 5.69 Å². The normalized spacial score (nSPS) is 10.4. The zero-order chi connectivity index (χ0) is 11.7. The molecule has 82 valence electrons. The number of halogens is 1. The first kappa shape index (κ1) is 11.5. The average molecular weight is 296 g/mol. The van der Waals surface area contributed by atoms with Crippen LogP contribution in [0.3, 0.4) is 0 Å². The van der Waals surface area contributed by atoms with E-state index in [1.165, 1.54) is 11.3 Å². The van der Waals surface area contributed by atoms with Gasteiger partial charge in [0.25, 0.3) is 0 Å². The van der Waals surface area contributed by atoms with Gasteiger partial charge in [-0.3, -0.25) is 9.78 Å². The smallest absolute Gasteiger partial charge is 0.213 e. The molecule has 2 heterocycles. The lowest BCUT2D eigenvalue weighted by Crippen LogP contribution is -2.06. The number of carbonyl (C=O) groups excluding carboxylic acids is 1. The molecule has 0 aliphatic heterocycles. The Morgan fingerprint density at radius 1 is 1.38 bits per heavy atom. The largest absolute Gasteiger partial charge is 0.287 e. The van der Waals surface area contributed by atoms with Gasteiger partial charge in [0.15, 0.2) is 0 Å². The Labute approximate surface area is 106 Å². The highest BCUT2D eigenvalue weighted by molar-refractivity contribution is 9.10. The lowest BCUT2D eigenvalue weighted by Gasteiger charge is -2.04. The van der Waals surface area contributed by atoms with Gasteiger partial charge < -0.3 is 0 Å². The van der Waals surface area contributed by atoms with E-state index in [1.807, 2.05) is 30.7 Å². The molecule has 2 rings (SSSR count). The molecule has 0 saturated heterocycles. The second-order valence-electron chi connectivity index (χ2n) is 3.64. The number of pyridine rings is 1. The first-order valence-electron chi connectivity index (χ1n) is 4.79. The van der Waals surface area contributed by atoms with Crippen LogP contribution in [0.25, 0.3) is 0 Å². The van der Waals surface area contributed by atoms with Crippen molar-refractivity contribution in [2.45, 2.75) is 13.8 Å². The van der Waals surface area contributed by atoms with Gasteiger partial charge in [0, 0.05) is 27.0 Å². The summed E-state index contributed by atoms with van der Waals surface area (Å²) >= 11 is 4.87. The topological polar surface area (TPSA) is 30.0 Å². The zero-order valence-corrected chi connectivity index (χ0v) is 11.4. The fraction of sp³-hybridized carbons (Fsp3) is 0.167. The lowest BCUT2D eigenvalue weighted by molar-refractivity contribution is 0.103. The Bertz CT molecular complexity index is 548. The van der Waals surface area contributed by atoms with Crippen LogP contribution in [-0.2, 0) is 0 Å². The fourth-order valence-corrected chi connectivity index (χ4v) is 2.98. The van der Waals surface area contributed by atoms with Gasteiger partial charge in [-0.1, -0.05) is 6.07 Å². The minimum absolute atomic E-state index is 0.0226. The molecule has 0 saturated carbocycles. The molecule has 0 radical (unpaired) electrons. The second kappa shape index (κ2) is 4.47. The molecule has 0 bridgehead atoms. The van der Waals surface area contributed by atoms with E-state index in [1.54, 1.807) is 6.20 Å². The number of hydrogen-bond acceptors (Lipinski definition) is 3. The number of aryl methyl sites for hydroxylation is 2. The Morgan fingerprint density at radius 2 is 2.12 bits per heavy atom. The van der Waals surface area contributed by atoms with E-state index < -0.39 is 0 Å². The van der Waals surface area contributed by atoms with Gasteiger partial charge in [-0.2, -0.15) is 11.3 Å². The number of thiophene rings is 1. The van der Waals surface area contributed by atoms with Crippen molar-refractivity contribution in [2.75, 3.05) is 0 Å². The Balaban J connectivity index is 2.46. The van der Waals surface area contributed by atoms with Crippen LogP contribution in [0.4, 0.5) is 0 Å². The molecule has 2 nitrogen and oxygen atoms in total. The van der Waals surface area contributed by atoms with Crippen molar-refractivity contribution in [3.63, 3.8) is 0 Å². The molecule has 0 amide bonds. The zero-order valence-electron chi connectivity index (χ0n) is 8.95. The first-order chi connectivity index (χ1) is 7.59. The van der Waals surface area contributed by atoms with Crippen LogP contribution in [0.5, 0.6) is 0 Å². The monoisotopic (exact) mass is 295 g/mol. The van der Waals surface area contributed by atoms with Gasteiger partial charge in [-0.15, -0.1) is 0 Å². The molecule has 0 aromatic carbocycles. The summed E-state index contributed by atoms with van der Waals surface area (Å²) < 4.78 is 0.837. The molecular formula is C12H10BrNOS. The van der Waals surface area contributed by atoms with Gasteiger partial charge in [0.2, 0.25) is 5.78 Å². The van der Waals surface area contributed by atoms with E-state index in [0.717, 1.165) is 15.6 Å². The number of hydrogen-bond donors (Lipinski definition) is 0. The SMILES string of the molecule is Cc1cnc(C(=O)c2cscc2Br)c(C)c1. The maximum absolute atomic E-state index is 12.2. The van der Waals surface area contributed by atoms with Crippen molar-refractivity contribution >= 4 is 33.0 Å². The van der Waals surface area contributed by atoms with Crippen LogP contribution >= 0.6 is 27.3 Å². The van der Waals surface area contributed by atoms with Crippen molar-refractivity contribution in [3.05, 3.63) is 49.9 Å². The molecule has 2 aromatic rings. The van der Waals surface area contributed by atoms with Crippen molar-refractivity contribution in [1.82, 2.24) is 4.98 Å². The van der Waals surface area contributed by atoms with Crippen molar-refractivity contribution < 1.29 is 4.79 Å². The maximum Gasteiger partial charge on any atom is 0.213 e. The minimum Gasteiger partial charge on any atom is -0.287 e. The van der Waals surface area contributed by atoms with Crippen LogP contribution in [-0.4, -0.2) is 10.8 Å². The van der Waals surface area contributed by atoms with E-state index in [-0.39, 0.29) is 5.78 Å². The first-order valence-corrected chi connectivity index (χ1v) is 6.53. The summed E-state index contributed by atoms with van der Waals surface area (Å²) in [6, 6.07) is 1.97.